The minimum absolute atomic E-state index is 0.128. The average Bonchev–Trinajstić information content (AvgIpc) is 2.51. The molecule has 4 heteroatoms. The number of aryl methyl sites for hydroxylation is 3. The molecule has 1 aliphatic rings. The number of benzene rings is 2. The molecule has 0 amide bonds. The highest BCUT2D eigenvalue weighted by Crippen LogP contribution is 2.39. The van der Waals surface area contributed by atoms with Crippen LogP contribution < -0.4 is 15.4 Å². The van der Waals surface area contributed by atoms with Crippen molar-refractivity contribution in [1.29, 1.82) is 0 Å². The van der Waals surface area contributed by atoms with Crippen molar-refractivity contribution in [3.63, 3.8) is 0 Å². The first-order valence-corrected chi connectivity index (χ1v) is 9.09. The molecule has 2 aromatic rings. The summed E-state index contributed by atoms with van der Waals surface area (Å²) >= 11 is 5.59. The number of ether oxygens (including phenoxy) is 1. The maximum absolute atomic E-state index is 6.14. The number of hydrogen-bond donors (Lipinski definition) is 2. The summed E-state index contributed by atoms with van der Waals surface area (Å²) in [6.07, 6.45) is 0.859. The fourth-order valence-corrected chi connectivity index (χ4v) is 3.54. The van der Waals surface area contributed by atoms with E-state index in [0.29, 0.717) is 5.11 Å². The molecule has 3 rings (SSSR count). The Morgan fingerprint density at radius 3 is 2.52 bits per heavy atom. The molecule has 0 aromatic heterocycles. The fourth-order valence-electron chi connectivity index (χ4n) is 3.29. The summed E-state index contributed by atoms with van der Waals surface area (Å²) in [5, 5.41) is 7.49. The molecule has 1 heterocycles. The highest BCUT2D eigenvalue weighted by molar-refractivity contribution is 7.80. The Hall–Kier alpha value is -2.07. The molecule has 0 bridgehead atoms. The van der Waals surface area contributed by atoms with Gasteiger partial charge in [-0.05, 0) is 70.1 Å². The van der Waals surface area contributed by atoms with Gasteiger partial charge in [-0.25, -0.2) is 0 Å². The van der Waals surface area contributed by atoms with Crippen molar-refractivity contribution in [3.05, 3.63) is 58.7 Å². The molecule has 2 N–H and O–H groups in total. The van der Waals surface area contributed by atoms with Crippen molar-refractivity contribution in [1.82, 2.24) is 5.32 Å². The van der Waals surface area contributed by atoms with E-state index in [9.17, 15) is 0 Å². The molecule has 3 nitrogen and oxygen atoms in total. The normalized spacial score (nSPS) is 18.0. The molecule has 25 heavy (non-hydrogen) atoms. The monoisotopic (exact) mass is 354 g/mol. The zero-order valence-corrected chi connectivity index (χ0v) is 16.4. The molecule has 1 atom stereocenters. The maximum atomic E-state index is 6.14. The molecular weight excluding hydrogens is 328 g/mol. The lowest BCUT2D eigenvalue weighted by Crippen LogP contribution is -2.42. The van der Waals surface area contributed by atoms with Crippen molar-refractivity contribution in [2.45, 2.75) is 52.7 Å². The first-order valence-electron chi connectivity index (χ1n) is 8.68. The van der Waals surface area contributed by atoms with E-state index in [-0.39, 0.29) is 11.6 Å². The quantitative estimate of drug-likeness (QED) is 0.726. The van der Waals surface area contributed by atoms with Gasteiger partial charge in [0.1, 0.15) is 11.4 Å². The molecule has 0 fully saturated rings. The molecule has 0 spiro atoms. The van der Waals surface area contributed by atoms with Crippen LogP contribution in [0.15, 0.2) is 36.4 Å². The molecule has 132 valence electrons. The first kappa shape index (κ1) is 17.7. The van der Waals surface area contributed by atoms with Crippen molar-refractivity contribution >= 4 is 23.0 Å². The smallest absolute Gasteiger partial charge is 0.171 e. The summed E-state index contributed by atoms with van der Waals surface area (Å²) in [6, 6.07) is 12.8. The van der Waals surface area contributed by atoms with Crippen LogP contribution in [0.3, 0.4) is 0 Å². The third-order valence-electron chi connectivity index (χ3n) is 4.57. The topological polar surface area (TPSA) is 33.3 Å². The van der Waals surface area contributed by atoms with Crippen molar-refractivity contribution in [2.75, 3.05) is 5.32 Å². The van der Waals surface area contributed by atoms with E-state index in [1.165, 1.54) is 22.3 Å². The largest absolute Gasteiger partial charge is 0.487 e. The lowest BCUT2D eigenvalue weighted by atomic mass is 9.89. The zero-order chi connectivity index (χ0) is 18.2. The Bertz CT molecular complexity index is 814. The van der Waals surface area contributed by atoms with E-state index in [4.69, 9.17) is 17.0 Å². The SMILES string of the molecule is Cc1ccc(C)c(NC(=S)NC2CC(C)(C)Oc3ccc(C)cc32)c1. The van der Waals surface area contributed by atoms with E-state index in [2.05, 4.69) is 81.7 Å². The predicted octanol–water partition coefficient (Wildman–Crippen LogP) is 5.20. The second-order valence-corrected chi connectivity index (χ2v) is 7.98. The van der Waals surface area contributed by atoms with E-state index < -0.39 is 0 Å². The number of thiocarbonyl (C=S) groups is 1. The molecule has 1 unspecified atom stereocenters. The Morgan fingerprint density at radius 2 is 1.76 bits per heavy atom. The molecule has 0 radical (unpaired) electrons. The van der Waals surface area contributed by atoms with Crippen LogP contribution in [0.1, 0.15) is 48.6 Å². The summed E-state index contributed by atoms with van der Waals surface area (Å²) < 4.78 is 6.14. The minimum atomic E-state index is -0.227. The van der Waals surface area contributed by atoms with E-state index in [0.717, 1.165) is 17.9 Å². The molecule has 0 saturated heterocycles. The van der Waals surface area contributed by atoms with Gasteiger partial charge in [-0.1, -0.05) is 29.8 Å². The van der Waals surface area contributed by atoms with Gasteiger partial charge in [-0.15, -0.1) is 0 Å². The van der Waals surface area contributed by atoms with E-state index >= 15 is 0 Å². The van der Waals surface area contributed by atoms with Crippen LogP contribution in [-0.2, 0) is 0 Å². The lowest BCUT2D eigenvalue weighted by molar-refractivity contribution is 0.0696. The highest BCUT2D eigenvalue weighted by Gasteiger charge is 2.34. The third-order valence-corrected chi connectivity index (χ3v) is 4.79. The van der Waals surface area contributed by atoms with Crippen LogP contribution >= 0.6 is 12.2 Å². The molecule has 2 aromatic carbocycles. The Balaban J connectivity index is 1.81. The van der Waals surface area contributed by atoms with Crippen LogP contribution in [0.2, 0.25) is 0 Å². The third kappa shape index (κ3) is 4.13. The predicted molar refractivity (Wildman–Crippen MR) is 109 cm³/mol. The number of nitrogens with one attached hydrogen (secondary N) is 2. The number of hydrogen-bond acceptors (Lipinski definition) is 2. The summed E-state index contributed by atoms with van der Waals surface area (Å²) in [7, 11) is 0. The second kappa shape index (κ2) is 6.68. The van der Waals surface area contributed by atoms with Crippen molar-refractivity contribution < 1.29 is 4.74 Å². The van der Waals surface area contributed by atoms with Gasteiger partial charge < -0.3 is 15.4 Å². The van der Waals surface area contributed by atoms with Crippen molar-refractivity contribution in [3.8, 4) is 5.75 Å². The van der Waals surface area contributed by atoms with E-state index in [1.54, 1.807) is 0 Å². The standard InChI is InChI=1S/C21H26N2OS/c1-13-7-9-19-16(10-13)18(12-21(4,5)24-19)23-20(25)22-17-11-14(2)6-8-15(17)3/h6-11,18H,12H2,1-5H3,(H2,22,23,25). The number of anilines is 1. The van der Waals surface area contributed by atoms with Gasteiger partial charge >= 0.3 is 0 Å². The number of rotatable bonds is 2. The Morgan fingerprint density at radius 1 is 1.08 bits per heavy atom. The Kier molecular flexibility index (Phi) is 4.74. The second-order valence-electron chi connectivity index (χ2n) is 7.58. The first-order chi connectivity index (χ1) is 11.7. The van der Waals surface area contributed by atoms with Crippen LogP contribution in [0.25, 0.3) is 0 Å². The molecule has 0 aliphatic carbocycles. The van der Waals surface area contributed by atoms with Crippen LogP contribution in [-0.4, -0.2) is 10.7 Å². The van der Waals surface area contributed by atoms with Gasteiger partial charge in [0.25, 0.3) is 0 Å². The van der Waals surface area contributed by atoms with Gasteiger partial charge in [0.15, 0.2) is 5.11 Å². The summed E-state index contributed by atoms with van der Waals surface area (Å²) in [6.45, 7) is 10.5. The minimum Gasteiger partial charge on any atom is -0.487 e. The van der Waals surface area contributed by atoms with Gasteiger partial charge in [-0.3, -0.25) is 0 Å². The lowest BCUT2D eigenvalue weighted by Gasteiger charge is -2.38. The van der Waals surface area contributed by atoms with Crippen molar-refractivity contribution in [2.24, 2.45) is 0 Å². The van der Waals surface area contributed by atoms with Gasteiger partial charge in [-0.2, -0.15) is 0 Å². The van der Waals surface area contributed by atoms with Crippen LogP contribution in [0.5, 0.6) is 5.75 Å². The maximum Gasteiger partial charge on any atom is 0.171 e. The molecule has 1 aliphatic heterocycles. The van der Waals surface area contributed by atoms with Crippen LogP contribution in [0.4, 0.5) is 5.69 Å². The van der Waals surface area contributed by atoms with E-state index in [1.807, 2.05) is 0 Å². The highest BCUT2D eigenvalue weighted by atomic mass is 32.1. The Labute approximate surface area is 155 Å². The van der Waals surface area contributed by atoms with Gasteiger partial charge in [0.05, 0.1) is 6.04 Å². The zero-order valence-electron chi connectivity index (χ0n) is 15.6. The van der Waals surface area contributed by atoms with Gasteiger partial charge in [0, 0.05) is 17.7 Å². The summed E-state index contributed by atoms with van der Waals surface area (Å²) in [5.41, 5.74) is 5.61. The van der Waals surface area contributed by atoms with Crippen LogP contribution in [0, 0.1) is 20.8 Å². The van der Waals surface area contributed by atoms with Gasteiger partial charge in [0.2, 0.25) is 0 Å². The average molecular weight is 355 g/mol. The summed E-state index contributed by atoms with van der Waals surface area (Å²) in [4.78, 5) is 0. The molecule has 0 saturated carbocycles. The fraction of sp³-hybridized carbons (Fsp3) is 0.381. The number of fused-ring (bicyclic) bond motifs is 1. The molecular formula is C21H26N2OS. The summed E-state index contributed by atoms with van der Waals surface area (Å²) in [5.74, 6) is 0.939.